The SMILES string of the molecule is CCN(CC)C12C[C@@H](O)C([C@H](c3ccccc3)C1)[C@H](c1ccccc1)C2. The number of aliphatic hydroxyl groups excluding tert-OH is 1. The molecule has 2 heteroatoms. The first-order valence-electron chi connectivity index (χ1n) is 10.2. The molecule has 2 aromatic rings. The lowest BCUT2D eigenvalue weighted by Gasteiger charge is -2.61. The van der Waals surface area contributed by atoms with Gasteiger partial charge in [0.25, 0.3) is 0 Å². The van der Waals surface area contributed by atoms with Gasteiger partial charge >= 0.3 is 0 Å². The summed E-state index contributed by atoms with van der Waals surface area (Å²) in [4.78, 5) is 2.62. The van der Waals surface area contributed by atoms with Crippen molar-refractivity contribution in [2.45, 2.75) is 56.6 Å². The van der Waals surface area contributed by atoms with Gasteiger partial charge in [0.15, 0.2) is 0 Å². The standard InChI is InChI=1S/C24H31NO/c1-3-25(4-2)24-15-20(18-11-7-5-8-12-18)23(22(26)17-24)21(16-24)19-13-9-6-10-14-19/h5-14,20-23,26H,3-4,15-17H2,1-2H3/t20-,21-,22+,23?,24?/m0/s1. The van der Waals surface area contributed by atoms with Crippen LogP contribution in [0.5, 0.6) is 0 Å². The van der Waals surface area contributed by atoms with Crippen molar-refractivity contribution >= 4 is 0 Å². The van der Waals surface area contributed by atoms with Crippen molar-refractivity contribution < 1.29 is 5.11 Å². The van der Waals surface area contributed by atoms with Crippen molar-refractivity contribution in [3.8, 4) is 0 Å². The van der Waals surface area contributed by atoms with Gasteiger partial charge in [-0.2, -0.15) is 0 Å². The Hall–Kier alpha value is -1.64. The number of hydrogen-bond acceptors (Lipinski definition) is 2. The molecule has 26 heavy (non-hydrogen) atoms. The molecule has 138 valence electrons. The quantitative estimate of drug-likeness (QED) is 0.837. The van der Waals surface area contributed by atoms with E-state index in [1.165, 1.54) is 24.0 Å². The highest BCUT2D eigenvalue weighted by Gasteiger charge is 2.57. The normalized spacial score (nSPS) is 33.5. The molecule has 3 atom stereocenters. The maximum atomic E-state index is 11.2. The first-order chi connectivity index (χ1) is 12.7. The van der Waals surface area contributed by atoms with Gasteiger partial charge in [-0.05, 0) is 61.2 Å². The van der Waals surface area contributed by atoms with E-state index in [2.05, 4.69) is 79.4 Å². The van der Waals surface area contributed by atoms with Crippen molar-refractivity contribution in [2.24, 2.45) is 5.92 Å². The molecule has 3 aliphatic carbocycles. The maximum absolute atomic E-state index is 11.2. The summed E-state index contributed by atoms with van der Waals surface area (Å²) in [5.74, 6) is 1.18. The van der Waals surface area contributed by atoms with Gasteiger partial charge in [-0.1, -0.05) is 74.5 Å². The molecule has 0 unspecified atom stereocenters. The molecule has 3 aliphatic rings. The van der Waals surface area contributed by atoms with E-state index >= 15 is 0 Å². The Morgan fingerprint density at radius 3 is 1.69 bits per heavy atom. The van der Waals surface area contributed by atoms with E-state index in [1.807, 2.05) is 0 Å². The van der Waals surface area contributed by atoms with Crippen molar-refractivity contribution in [1.29, 1.82) is 0 Å². The van der Waals surface area contributed by atoms with Gasteiger partial charge in [-0.15, -0.1) is 0 Å². The van der Waals surface area contributed by atoms with E-state index < -0.39 is 0 Å². The number of rotatable bonds is 5. The van der Waals surface area contributed by atoms with E-state index in [1.54, 1.807) is 0 Å². The van der Waals surface area contributed by atoms with E-state index in [-0.39, 0.29) is 11.6 Å². The zero-order valence-corrected chi connectivity index (χ0v) is 16.0. The van der Waals surface area contributed by atoms with E-state index in [0.717, 1.165) is 19.5 Å². The molecule has 0 spiro atoms. The summed E-state index contributed by atoms with van der Waals surface area (Å²) in [6, 6.07) is 21.8. The van der Waals surface area contributed by atoms with E-state index in [9.17, 15) is 5.11 Å². The third-order valence-electron chi connectivity index (χ3n) is 7.05. The predicted octanol–water partition coefficient (Wildman–Crippen LogP) is 4.81. The molecule has 0 aromatic heterocycles. The maximum Gasteiger partial charge on any atom is 0.0597 e. The van der Waals surface area contributed by atoms with Crippen LogP contribution in [0, 0.1) is 5.92 Å². The molecular formula is C24H31NO. The van der Waals surface area contributed by atoms with Gasteiger partial charge in [0.1, 0.15) is 0 Å². The Balaban J connectivity index is 1.80. The Morgan fingerprint density at radius 2 is 1.27 bits per heavy atom. The van der Waals surface area contributed by atoms with Crippen LogP contribution in [0.3, 0.4) is 0 Å². The van der Waals surface area contributed by atoms with Crippen molar-refractivity contribution in [3.05, 3.63) is 71.8 Å². The fraction of sp³-hybridized carbons (Fsp3) is 0.500. The van der Waals surface area contributed by atoms with Crippen LogP contribution >= 0.6 is 0 Å². The van der Waals surface area contributed by atoms with Gasteiger partial charge in [0.2, 0.25) is 0 Å². The summed E-state index contributed by atoms with van der Waals surface area (Å²) >= 11 is 0. The third-order valence-corrected chi connectivity index (χ3v) is 7.05. The van der Waals surface area contributed by atoms with Gasteiger partial charge in [0, 0.05) is 5.54 Å². The van der Waals surface area contributed by atoms with Crippen LogP contribution in [0.1, 0.15) is 56.1 Å². The largest absolute Gasteiger partial charge is 0.393 e. The van der Waals surface area contributed by atoms with E-state index in [0.29, 0.717) is 17.8 Å². The molecule has 0 radical (unpaired) electrons. The first-order valence-corrected chi connectivity index (χ1v) is 10.2. The molecule has 2 nitrogen and oxygen atoms in total. The number of nitrogens with zero attached hydrogens (tertiary/aromatic N) is 1. The van der Waals surface area contributed by atoms with E-state index in [4.69, 9.17) is 0 Å². The Kier molecular flexibility index (Phi) is 4.90. The van der Waals surface area contributed by atoms with Crippen molar-refractivity contribution in [3.63, 3.8) is 0 Å². The average Bonchev–Trinajstić information content (AvgIpc) is 2.69. The topological polar surface area (TPSA) is 23.5 Å². The molecule has 5 rings (SSSR count). The molecule has 2 bridgehead atoms. The molecule has 0 amide bonds. The summed E-state index contributed by atoms with van der Waals surface area (Å²) in [7, 11) is 0. The van der Waals surface area contributed by atoms with Gasteiger partial charge < -0.3 is 5.11 Å². The number of hydrogen-bond donors (Lipinski definition) is 1. The highest BCUT2D eigenvalue weighted by atomic mass is 16.3. The second-order valence-electron chi connectivity index (χ2n) is 8.19. The third kappa shape index (κ3) is 2.90. The molecule has 3 fully saturated rings. The molecule has 1 N–H and O–H groups in total. The minimum atomic E-state index is -0.228. The van der Waals surface area contributed by atoms with Crippen molar-refractivity contribution in [2.75, 3.05) is 13.1 Å². The molecule has 0 saturated heterocycles. The average molecular weight is 350 g/mol. The van der Waals surface area contributed by atoms with Crippen LogP contribution < -0.4 is 0 Å². The number of fused-ring (bicyclic) bond motifs is 3. The molecular weight excluding hydrogens is 318 g/mol. The summed E-state index contributed by atoms with van der Waals surface area (Å²) in [6.45, 7) is 6.63. The van der Waals surface area contributed by atoms with Crippen LogP contribution in [-0.2, 0) is 0 Å². The Bertz CT molecular complexity index is 660. The highest BCUT2D eigenvalue weighted by molar-refractivity contribution is 5.32. The fourth-order valence-corrected chi connectivity index (χ4v) is 6.05. The molecule has 3 saturated carbocycles. The molecule has 0 heterocycles. The van der Waals surface area contributed by atoms with Crippen LogP contribution in [0.25, 0.3) is 0 Å². The monoisotopic (exact) mass is 349 g/mol. The zero-order valence-electron chi connectivity index (χ0n) is 16.0. The van der Waals surface area contributed by atoms with Crippen molar-refractivity contribution in [1.82, 2.24) is 4.90 Å². The van der Waals surface area contributed by atoms with Crippen LogP contribution in [-0.4, -0.2) is 34.7 Å². The second kappa shape index (κ2) is 7.17. The first kappa shape index (κ1) is 17.8. The highest BCUT2D eigenvalue weighted by Crippen LogP contribution is 2.59. The fourth-order valence-electron chi connectivity index (χ4n) is 6.05. The summed E-state index contributed by atoms with van der Waals surface area (Å²) < 4.78 is 0. The minimum Gasteiger partial charge on any atom is -0.393 e. The van der Waals surface area contributed by atoms with Crippen LogP contribution in [0.2, 0.25) is 0 Å². The lowest BCUT2D eigenvalue weighted by Crippen LogP contribution is -2.62. The zero-order chi connectivity index (χ0) is 18.1. The predicted molar refractivity (Wildman–Crippen MR) is 107 cm³/mol. The Labute approximate surface area is 157 Å². The van der Waals surface area contributed by atoms with Gasteiger partial charge in [-0.25, -0.2) is 0 Å². The lowest BCUT2D eigenvalue weighted by atomic mass is 9.51. The van der Waals surface area contributed by atoms with Gasteiger partial charge in [0.05, 0.1) is 6.10 Å². The number of aliphatic hydroxyl groups is 1. The number of benzene rings is 2. The van der Waals surface area contributed by atoms with Crippen LogP contribution in [0.4, 0.5) is 0 Å². The molecule has 2 aromatic carbocycles. The Morgan fingerprint density at radius 1 is 0.808 bits per heavy atom. The van der Waals surface area contributed by atoms with Crippen LogP contribution in [0.15, 0.2) is 60.7 Å². The van der Waals surface area contributed by atoms with Gasteiger partial charge in [-0.3, -0.25) is 4.90 Å². The summed E-state index contributed by atoms with van der Waals surface area (Å²) in [6.07, 6.45) is 3.04. The minimum absolute atomic E-state index is 0.110. The molecule has 0 aliphatic heterocycles. The summed E-state index contributed by atoms with van der Waals surface area (Å²) in [5.41, 5.74) is 2.90. The summed E-state index contributed by atoms with van der Waals surface area (Å²) in [5, 5.41) is 11.2. The smallest absolute Gasteiger partial charge is 0.0597 e. The lowest BCUT2D eigenvalue weighted by molar-refractivity contribution is -0.103. The second-order valence-corrected chi connectivity index (χ2v) is 8.19.